The Balaban J connectivity index is 2.73. The number of anilines is 1. The van der Waals surface area contributed by atoms with Crippen molar-refractivity contribution < 1.29 is 9.53 Å². The van der Waals surface area contributed by atoms with Gasteiger partial charge < -0.3 is 10.1 Å². The van der Waals surface area contributed by atoms with E-state index < -0.39 is 0 Å². The number of ether oxygens (including phenoxy) is 1. The lowest BCUT2D eigenvalue weighted by Gasteiger charge is -2.16. The first-order chi connectivity index (χ1) is 8.08. The third-order valence-electron chi connectivity index (χ3n) is 2.24. The van der Waals surface area contributed by atoms with Gasteiger partial charge in [0.1, 0.15) is 6.04 Å². The Morgan fingerprint density at radius 2 is 2.06 bits per heavy atom. The molecular weight excluding hydrogens is 261 g/mol. The molecule has 1 atom stereocenters. The topological polar surface area (TPSA) is 38.3 Å². The first-order valence-electron chi connectivity index (χ1n) is 5.46. The van der Waals surface area contributed by atoms with E-state index in [1.54, 1.807) is 25.1 Å². The number of carbonyl (C=O) groups is 1. The van der Waals surface area contributed by atoms with Crippen LogP contribution in [0.15, 0.2) is 18.2 Å². The van der Waals surface area contributed by atoms with Crippen LogP contribution in [0.2, 0.25) is 10.0 Å². The minimum atomic E-state index is -0.368. The van der Waals surface area contributed by atoms with E-state index >= 15 is 0 Å². The van der Waals surface area contributed by atoms with E-state index in [1.807, 2.05) is 6.92 Å². The van der Waals surface area contributed by atoms with Crippen LogP contribution in [-0.2, 0) is 9.53 Å². The number of esters is 1. The zero-order valence-electron chi connectivity index (χ0n) is 9.80. The summed E-state index contributed by atoms with van der Waals surface area (Å²) in [4.78, 5) is 11.6. The molecular formula is C12H15Cl2NO2. The monoisotopic (exact) mass is 275 g/mol. The third-order valence-corrected chi connectivity index (χ3v) is 2.98. The summed E-state index contributed by atoms with van der Waals surface area (Å²) in [6, 6.07) is 4.78. The molecule has 3 nitrogen and oxygen atoms in total. The minimum absolute atomic E-state index is 0.263. The smallest absolute Gasteiger partial charge is 0.328 e. The van der Waals surface area contributed by atoms with Crippen LogP contribution in [0, 0.1) is 0 Å². The molecule has 0 radical (unpaired) electrons. The molecule has 0 aromatic heterocycles. The molecule has 0 spiro atoms. The number of halogens is 2. The highest BCUT2D eigenvalue weighted by Crippen LogP contribution is 2.25. The number of rotatable bonds is 5. The lowest BCUT2D eigenvalue weighted by molar-refractivity contribution is -0.144. The molecule has 1 aromatic carbocycles. The molecule has 0 aliphatic rings. The van der Waals surface area contributed by atoms with Crippen LogP contribution in [0.25, 0.3) is 0 Å². The van der Waals surface area contributed by atoms with E-state index in [4.69, 9.17) is 27.9 Å². The minimum Gasteiger partial charge on any atom is -0.464 e. The van der Waals surface area contributed by atoms with Gasteiger partial charge in [0.15, 0.2) is 0 Å². The van der Waals surface area contributed by atoms with Gasteiger partial charge in [0, 0.05) is 5.69 Å². The number of benzene rings is 1. The highest BCUT2D eigenvalue weighted by Gasteiger charge is 2.17. The highest BCUT2D eigenvalue weighted by atomic mass is 35.5. The number of carbonyl (C=O) groups excluding carboxylic acids is 1. The van der Waals surface area contributed by atoms with Crippen LogP contribution >= 0.6 is 23.2 Å². The van der Waals surface area contributed by atoms with Crippen molar-refractivity contribution in [1.82, 2.24) is 0 Å². The van der Waals surface area contributed by atoms with Gasteiger partial charge in [0.2, 0.25) is 0 Å². The standard InChI is InChI=1S/C12H15Cl2NO2/c1-3-11(12(16)17-4-2)15-8-5-6-9(13)10(14)7-8/h5-7,11,15H,3-4H2,1-2H3. The normalized spacial score (nSPS) is 12.0. The highest BCUT2D eigenvalue weighted by molar-refractivity contribution is 6.42. The number of hydrogen-bond donors (Lipinski definition) is 1. The van der Waals surface area contributed by atoms with Crippen molar-refractivity contribution in [2.75, 3.05) is 11.9 Å². The van der Waals surface area contributed by atoms with Crippen molar-refractivity contribution in [3.05, 3.63) is 28.2 Å². The van der Waals surface area contributed by atoms with Crippen molar-refractivity contribution in [2.24, 2.45) is 0 Å². The van der Waals surface area contributed by atoms with Crippen molar-refractivity contribution in [3.63, 3.8) is 0 Å². The predicted molar refractivity (Wildman–Crippen MR) is 70.8 cm³/mol. The summed E-state index contributed by atoms with van der Waals surface area (Å²) in [5, 5.41) is 4.01. The van der Waals surface area contributed by atoms with E-state index in [2.05, 4.69) is 5.32 Å². The third kappa shape index (κ3) is 4.10. The fourth-order valence-electron chi connectivity index (χ4n) is 1.36. The van der Waals surface area contributed by atoms with Crippen LogP contribution in [0.3, 0.4) is 0 Å². The summed E-state index contributed by atoms with van der Waals surface area (Å²) in [5.41, 5.74) is 0.749. The predicted octanol–water partition coefficient (Wildman–Crippen LogP) is 3.75. The fourth-order valence-corrected chi connectivity index (χ4v) is 1.66. The molecule has 1 aromatic rings. The fraction of sp³-hybridized carbons (Fsp3) is 0.417. The maximum absolute atomic E-state index is 11.6. The molecule has 0 saturated carbocycles. The molecule has 0 amide bonds. The van der Waals surface area contributed by atoms with Crippen LogP contribution in [-0.4, -0.2) is 18.6 Å². The van der Waals surface area contributed by atoms with Crippen molar-refractivity contribution in [1.29, 1.82) is 0 Å². The second kappa shape index (κ2) is 6.72. The Bertz CT molecular complexity index is 396. The van der Waals surface area contributed by atoms with E-state index in [0.717, 1.165) is 5.69 Å². The lowest BCUT2D eigenvalue weighted by Crippen LogP contribution is -2.30. The van der Waals surface area contributed by atoms with E-state index in [9.17, 15) is 4.79 Å². The number of nitrogens with one attached hydrogen (secondary N) is 1. The summed E-state index contributed by atoms with van der Waals surface area (Å²) in [5.74, 6) is -0.263. The van der Waals surface area contributed by atoms with Crippen molar-refractivity contribution in [2.45, 2.75) is 26.3 Å². The van der Waals surface area contributed by atoms with Crippen LogP contribution < -0.4 is 5.32 Å². The molecule has 17 heavy (non-hydrogen) atoms. The van der Waals surface area contributed by atoms with Gasteiger partial charge in [-0.25, -0.2) is 4.79 Å². The van der Waals surface area contributed by atoms with Gasteiger partial charge in [-0.15, -0.1) is 0 Å². The number of hydrogen-bond acceptors (Lipinski definition) is 3. The molecule has 5 heteroatoms. The molecule has 1 rings (SSSR count). The Morgan fingerprint density at radius 3 is 2.59 bits per heavy atom. The Hall–Kier alpha value is -0.930. The van der Waals surface area contributed by atoms with Crippen LogP contribution in [0.4, 0.5) is 5.69 Å². The van der Waals surface area contributed by atoms with Gasteiger partial charge in [-0.3, -0.25) is 0 Å². The van der Waals surface area contributed by atoms with E-state index in [-0.39, 0.29) is 12.0 Å². The molecule has 0 saturated heterocycles. The summed E-state index contributed by atoms with van der Waals surface area (Å²) in [7, 11) is 0. The first-order valence-corrected chi connectivity index (χ1v) is 6.22. The van der Waals surface area contributed by atoms with E-state index in [1.165, 1.54) is 0 Å². The molecule has 0 bridgehead atoms. The molecule has 94 valence electrons. The Kier molecular flexibility index (Phi) is 5.59. The molecule has 0 heterocycles. The van der Waals surface area contributed by atoms with Gasteiger partial charge in [-0.05, 0) is 31.5 Å². The second-order valence-electron chi connectivity index (χ2n) is 3.49. The molecule has 0 fully saturated rings. The maximum atomic E-state index is 11.6. The average molecular weight is 276 g/mol. The van der Waals surface area contributed by atoms with Crippen LogP contribution in [0.5, 0.6) is 0 Å². The molecule has 1 N–H and O–H groups in total. The zero-order chi connectivity index (χ0) is 12.8. The van der Waals surface area contributed by atoms with Gasteiger partial charge in [-0.2, -0.15) is 0 Å². The van der Waals surface area contributed by atoms with Crippen LogP contribution in [0.1, 0.15) is 20.3 Å². The SMILES string of the molecule is CCOC(=O)C(CC)Nc1ccc(Cl)c(Cl)c1. The Morgan fingerprint density at radius 1 is 1.35 bits per heavy atom. The summed E-state index contributed by atoms with van der Waals surface area (Å²) < 4.78 is 4.96. The maximum Gasteiger partial charge on any atom is 0.328 e. The molecule has 0 aliphatic carbocycles. The summed E-state index contributed by atoms with van der Waals surface area (Å²) in [6.45, 7) is 4.06. The van der Waals surface area contributed by atoms with Crippen molar-refractivity contribution >= 4 is 34.9 Å². The van der Waals surface area contributed by atoms with Gasteiger partial charge in [-0.1, -0.05) is 30.1 Å². The molecule has 0 aliphatic heterocycles. The zero-order valence-corrected chi connectivity index (χ0v) is 11.3. The van der Waals surface area contributed by atoms with Gasteiger partial charge in [0.05, 0.1) is 16.7 Å². The summed E-state index contributed by atoms with van der Waals surface area (Å²) in [6.07, 6.45) is 0.638. The van der Waals surface area contributed by atoms with Crippen molar-refractivity contribution in [3.8, 4) is 0 Å². The average Bonchev–Trinajstić information content (AvgIpc) is 2.30. The largest absolute Gasteiger partial charge is 0.464 e. The quantitative estimate of drug-likeness (QED) is 0.832. The lowest BCUT2D eigenvalue weighted by atomic mass is 10.2. The Labute approximate surface area is 111 Å². The second-order valence-corrected chi connectivity index (χ2v) is 4.30. The molecule has 1 unspecified atom stereocenters. The summed E-state index contributed by atoms with van der Waals surface area (Å²) >= 11 is 11.7. The van der Waals surface area contributed by atoms with E-state index in [0.29, 0.717) is 23.1 Å². The van der Waals surface area contributed by atoms with Gasteiger partial charge in [0.25, 0.3) is 0 Å². The first kappa shape index (κ1) is 14.1. The van der Waals surface area contributed by atoms with Gasteiger partial charge >= 0.3 is 5.97 Å².